The molecule has 1 atom stereocenters. The van der Waals surface area contributed by atoms with E-state index in [2.05, 4.69) is 31.0 Å². The molecule has 0 aliphatic rings. The van der Waals surface area contributed by atoms with Gasteiger partial charge in [0.25, 0.3) is 5.91 Å². The third kappa shape index (κ3) is 6.00. The molecule has 0 aliphatic heterocycles. The molecule has 194 valence electrons. The van der Waals surface area contributed by atoms with E-state index in [1.54, 1.807) is 7.11 Å². The predicted octanol–water partition coefficient (Wildman–Crippen LogP) is 5.62. The predicted molar refractivity (Wildman–Crippen MR) is 149 cm³/mol. The fourth-order valence-corrected chi connectivity index (χ4v) is 4.68. The van der Waals surface area contributed by atoms with Crippen LogP contribution in [0.5, 0.6) is 5.75 Å². The monoisotopic (exact) mass is 499 g/mol. The highest BCUT2D eigenvalue weighted by Gasteiger charge is 2.21. The number of amides is 1. The van der Waals surface area contributed by atoms with Gasteiger partial charge >= 0.3 is 0 Å². The molecule has 4 aromatic rings. The molecular formula is C30H37N5O2. The summed E-state index contributed by atoms with van der Waals surface area (Å²) in [6, 6.07) is 19.7. The first kappa shape index (κ1) is 26.4. The number of ether oxygens (including phenoxy) is 1. The van der Waals surface area contributed by atoms with Gasteiger partial charge in [0.2, 0.25) is 0 Å². The smallest absolute Gasteiger partial charge is 0.270 e. The largest absolute Gasteiger partial charge is 0.497 e. The van der Waals surface area contributed by atoms with Crippen LogP contribution in [0.3, 0.4) is 0 Å². The van der Waals surface area contributed by atoms with Crippen molar-refractivity contribution in [1.82, 2.24) is 24.8 Å². The van der Waals surface area contributed by atoms with Gasteiger partial charge in [-0.25, -0.2) is 9.50 Å². The molecule has 1 amide bonds. The number of carbonyl (C=O) groups is 1. The molecule has 2 aromatic heterocycles. The van der Waals surface area contributed by atoms with Gasteiger partial charge in [-0.15, -0.1) is 0 Å². The Hall–Kier alpha value is -3.71. The molecule has 7 heteroatoms. The molecule has 0 saturated heterocycles. The lowest BCUT2D eigenvalue weighted by atomic mass is 10.1. The van der Waals surface area contributed by atoms with Crippen LogP contribution in [0.4, 0.5) is 0 Å². The normalized spacial score (nSPS) is 12.2. The van der Waals surface area contributed by atoms with E-state index in [1.807, 2.05) is 72.1 Å². The number of hydrogen-bond donors (Lipinski definition) is 1. The van der Waals surface area contributed by atoms with Crippen LogP contribution in [0.2, 0.25) is 0 Å². The van der Waals surface area contributed by atoms with Crippen LogP contribution in [-0.2, 0) is 0 Å². The lowest BCUT2D eigenvalue weighted by Crippen LogP contribution is -2.34. The summed E-state index contributed by atoms with van der Waals surface area (Å²) in [4.78, 5) is 20.6. The highest BCUT2D eigenvalue weighted by Crippen LogP contribution is 2.31. The van der Waals surface area contributed by atoms with Gasteiger partial charge in [-0.05, 0) is 82.2 Å². The van der Waals surface area contributed by atoms with Crippen molar-refractivity contribution in [1.29, 1.82) is 0 Å². The van der Waals surface area contributed by atoms with Crippen molar-refractivity contribution in [3.05, 3.63) is 72.1 Å². The topological polar surface area (TPSA) is 71.8 Å². The minimum atomic E-state index is -0.175. The van der Waals surface area contributed by atoms with E-state index < -0.39 is 0 Å². The van der Waals surface area contributed by atoms with E-state index in [4.69, 9.17) is 14.8 Å². The van der Waals surface area contributed by atoms with E-state index in [0.29, 0.717) is 11.3 Å². The van der Waals surface area contributed by atoms with Crippen molar-refractivity contribution in [2.24, 2.45) is 0 Å². The minimum absolute atomic E-state index is 0.0470. The number of aryl methyl sites for hydroxylation is 1. The number of nitrogens with one attached hydrogen (secondary N) is 1. The van der Waals surface area contributed by atoms with Crippen molar-refractivity contribution in [3.8, 4) is 28.1 Å². The molecule has 4 rings (SSSR count). The van der Waals surface area contributed by atoms with Gasteiger partial charge in [0.15, 0.2) is 5.65 Å². The van der Waals surface area contributed by atoms with Gasteiger partial charge in [0, 0.05) is 17.2 Å². The first-order valence-corrected chi connectivity index (χ1v) is 13.1. The average Bonchev–Trinajstić information content (AvgIpc) is 3.26. The number of rotatable bonds is 11. The zero-order valence-corrected chi connectivity index (χ0v) is 22.5. The second kappa shape index (κ2) is 12.0. The Balaban J connectivity index is 1.70. The van der Waals surface area contributed by atoms with E-state index >= 15 is 0 Å². The summed E-state index contributed by atoms with van der Waals surface area (Å²) >= 11 is 0. The van der Waals surface area contributed by atoms with E-state index in [-0.39, 0.29) is 11.9 Å². The number of fused-ring (bicyclic) bond motifs is 1. The van der Waals surface area contributed by atoms with Crippen LogP contribution in [0, 0.1) is 6.92 Å². The van der Waals surface area contributed by atoms with Gasteiger partial charge < -0.3 is 15.0 Å². The summed E-state index contributed by atoms with van der Waals surface area (Å²) < 4.78 is 7.18. The van der Waals surface area contributed by atoms with Crippen LogP contribution in [0.15, 0.2) is 60.7 Å². The maximum absolute atomic E-state index is 13.4. The molecule has 2 heterocycles. The molecule has 7 nitrogen and oxygen atoms in total. The molecule has 1 unspecified atom stereocenters. The third-order valence-electron chi connectivity index (χ3n) is 6.83. The number of hydrogen-bond acceptors (Lipinski definition) is 5. The number of carbonyl (C=O) groups excluding carboxylic acids is 1. The lowest BCUT2D eigenvalue weighted by molar-refractivity contribution is 0.0932. The van der Waals surface area contributed by atoms with Gasteiger partial charge in [-0.1, -0.05) is 44.2 Å². The highest BCUT2D eigenvalue weighted by molar-refractivity contribution is 5.95. The third-order valence-corrected chi connectivity index (χ3v) is 6.83. The van der Waals surface area contributed by atoms with Crippen LogP contribution in [0.25, 0.3) is 28.0 Å². The van der Waals surface area contributed by atoms with E-state index in [1.165, 1.54) is 0 Å². The van der Waals surface area contributed by atoms with Crippen LogP contribution in [0.1, 0.15) is 49.8 Å². The summed E-state index contributed by atoms with van der Waals surface area (Å²) in [5.41, 5.74) is 5.58. The fourth-order valence-electron chi connectivity index (χ4n) is 4.68. The van der Waals surface area contributed by atoms with Crippen LogP contribution >= 0.6 is 0 Å². The zero-order valence-electron chi connectivity index (χ0n) is 22.5. The van der Waals surface area contributed by atoms with Gasteiger partial charge in [0.05, 0.1) is 18.5 Å². The second-order valence-corrected chi connectivity index (χ2v) is 9.36. The maximum atomic E-state index is 13.4. The Morgan fingerprint density at radius 3 is 2.41 bits per heavy atom. The molecule has 0 radical (unpaired) electrons. The van der Waals surface area contributed by atoms with Crippen LogP contribution < -0.4 is 10.1 Å². The Morgan fingerprint density at radius 2 is 1.76 bits per heavy atom. The van der Waals surface area contributed by atoms with Crippen molar-refractivity contribution in [3.63, 3.8) is 0 Å². The van der Waals surface area contributed by atoms with Gasteiger partial charge in [0.1, 0.15) is 11.4 Å². The van der Waals surface area contributed by atoms with E-state index in [0.717, 1.165) is 66.3 Å². The molecule has 0 spiro atoms. The molecule has 0 saturated carbocycles. The molecule has 2 aromatic carbocycles. The number of aromatic nitrogens is 3. The molecule has 37 heavy (non-hydrogen) atoms. The summed E-state index contributed by atoms with van der Waals surface area (Å²) in [7, 11) is 1.65. The standard InChI is InChI=1S/C30H37N5O2/c1-6-34(7-2)19-11-12-21(3)31-30(36)26-20-27(23-15-17-25(37-5)18-16-23)35-29(32-26)28(22(4)33-35)24-13-9-8-10-14-24/h8-10,13-18,20-21H,6-7,11-12,19H2,1-5H3,(H,31,36). The summed E-state index contributed by atoms with van der Waals surface area (Å²) in [6.07, 6.45) is 1.95. The highest BCUT2D eigenvalue weighted by atomic mass is 16.5. The number of benzene rings is 2. The first-order chi connectivity index (χ1) is 17.9. The van der Waals surface area contributed by atoms with Crippen molar-refractivity contribution < 1.29 is 9.53 Å². The fraction of sp³-hybridized carbons (Fsp3) is 0.367. The van der Waals surface area contributed by atoms with Gasteiger partial charge in [-0.3, -0.25) is 4.79 Å². The first-order valence-electron chi connectivity index (χ1n) is 13.1. The van der Waals surface area contributed by atoms with Crippen molar-refractivity contribution >= 4 is 11.6 Å². The number of methoxy groups -OCH3 is 1. The Labute approximate surface area is 219 Å². The molecular weight excluding hydrogens is 462 g/mol. The quantitative estimate of drug-likeness (QED) is 0.290. The summed E-state index contributed by atoms with van der Waals surface area (Å²) in [5, 5.41) is 7.99. The number of nitrogens with zero attached hydrogens (tertiary/aromatic N) is 4. The second-order valence-electron chi connectivity index (χ2n) is 9.36. The van der Waals surface area contributed by atoms with Crippen LogP contribution in [-0.4, -0.2) is 58.2 Å². The van der Waals surface area contributed by atoms with Gasteiger partial charge in [-0.2, -0.15) is 5.10 Å². The molecule has 0 aliphatic carbocycles. The van der Waals surface area contributed by atoms with Crippen molar-refractivity contribution in [2.75, 3.05) is 26.7 Å². The summed E-state index contributed by atoms with van der Waals surface area (Å²) in [6.45, 7) is 11.5. The van der Waals surface area contributed by atoms with Crippen molar-refractivity contribution in [2.45, 2.75) is 46.6 Å². The SMILES string of the molecule is CCN(CC)CCCC(C)NC(=O)c1cc(-c2ccc(OC)cc2)n2nc(C)c(-c3ccccc3)c2n1. The molecule has 0 bridgehead atoms. The van der Waals surface area contributed by atoms with E-state index in [9.17, 15) is 4.79 Å². The zero-order chi connectivity index (χ0) is 26.4. The Morgan fingerprint density at radius 1 is 1.05 bits per heavy atom. The summed E-state index contributed by atoms with van der Waals surface area (Å²) in [5.74, 6) is 0.595. The maximum Gasteiger partial charge on any atom is 0.270 e. The Kier molecular flexibility index (Phi) is 8.56. The average molecular weight is 500 g/mol. The minimum Gasteiger partial charge on any atom is -0.497 e. The molecule has 0 fully saturated rings. The molecule has 1 N–H and O–H groups in total. The lowest BCUT2D eigenvalue weighted by Gasteiger charge is -2.19. The Bertz CT molecular complexity index is 1330.